The highest BCUT2D eigenvalue weighted by Crippen LogP contribution is 2.29. The molecule has 0 aromatic heterocycles. The van der Waals surface area contributed by atoms with Crippen LogP contribution in [0.25, 0.3) is 0 Å². The Morgan fingerprint density at radius 3 is 2.55 bits per heavy atom. The van der Waals surface area contributed by atoms with Crippen molar-refractivity contribution in [2.45, 2.75) is 25.3 Å². The first kappa shape index (κ1) is 13.1. The van der Waals surface area contributed by atoms with Gasteiger partial charge in [0.2, 0.25) is 5.91 Å². The SMILES string of the molecule is COc1ccc(N2C(=O)C[C@H](NCC3CC3)C2=O)cc1. The lowest BCUT2D eigenvalue weighted by molar-refractivity contribution is -0.121. The van der Waals surface area contributed by atoms with E-state index in [1.807, 2.05) is 0 Å². The number of hydrogen-bond acceptors (Lipinski definition) is 4. The van der Waals surface area contributed by atoms with E-state index in [9.17, 15) is 9.59 Å². The Morgan fingerprint density at radius 1 is 1.25 bits per heavy atom. The highest BCUT2D eigenvalue weighted by Gasteiger charge is 2.39. The summed E-state index contributed by atoms with van der Waals surface area (Å²) in [5.41, 5.74) is 0.608. The van der Waals surface area contributed by atoms with E-state index >= 15 is 0 Å². The molecule has 5 heteroatoms. The second kappa shape index (κ2) is 5.25. The third-order valence-corrected chi connectivity index (χ3v) is 3.83. The summed E-state index contributed by atoms with van der Waals surface area (Å²) in [5.74, 6) is 1.10. The van der Waals surface area contributed by atoms with Gasteiger partial charge < -0.3 is 10.1 Å². The Balaban J connectivity index is 1.71. The second-order valence-electron chi connectivity index (χ2n) is 5.37. The Kier molecular flexibility index (Phi) is 3.44. The van der Waals surface area contributed by atoms with Gasteiger partial charge in [-0.15, -0.1) is 0 Å². The fraction of sp³-hybridized carbons (Fsp3) is 0.467. The summed E-state index contributed by atoms with van der Waals surface area (Å²) >= 11 is 0. The number of ether oxygens (including phenoxy) is 1. The molecule has 1 saturated heterocycles. The van der Waals surface area contributed by atoms with Crippen molar-refractivity contribution >= 4 is 17.5 Å². The molecule has 3 rings (SSSR count). The zero-order valence-corrected chi connectivity index (χ0v) is 11.5. The molecule has 1 heterocycles. The maximum Gasteiger partial charge on any atom is 0.251 e. The number of methoxy groups -OCH3 is 1. The maximum atomic E-state index is 12.3. The van der Waals surface area contributed by atoms with Crippen LogP contribution in [0.1, 0.15) is 19.3 Å². The van der Waals surface area contributed by atoms with Crippen LogP contribution in [0.2, 0.25) is 0 Å². The van der Waals surface area contributed by atoms with Crippen molar-refractivity contribution in [2.75, 3.05) is 18.6 Å². The van der Waals surface area contributed by atoms with Crippen molar-refractivity contribution in [1.29, 1.82) is 0 Å². The van der Waals surface area contributed by atoms with Gasteiger partial charge in [0.15, 0.2) is 0 Å². The smallest absolute Gasteiger partial charge is 0.251 e. The van der Waals surface area contributed by atoms with Crippen LogP contribution in [0, 0.1) is 5.92 Å². The van der Waals surface area contributed by atoms with E-state index in [-0.39, 0.29) is 24.3 Å². The Morgan fingerprint density at radius 2 is 1.95 bits per heavy atom. The van der Waals surface area contributed by atoms with Gasteiger partial charge in [-0.25, -0.2) is 4.90 Å². The number of amides is 2. The minimum Gasteiger partial charge on any atom is -0.497 e. The summed E-state index contributed by atoms with van der Waals surface area (Å²) in [6.45, 7) is 0.833. The number of imide groups is 1. The van der Waals surface area contributed by atoms with Gasteiger partial charge in [-0.3, -0.25) is 9.59 Å². The van der Waals surface area contributed by atoms with Gasteiger partial charge in [-0.05, 0) is 49.6 Å². The third-order valence-electron chi connectivity index (χ3n) is 3.83. The van der Waals surface area contributed by atoms with Crippen molar-refractivity contribution < 1.29 is 14.3 Å². The summed E-state index contributed by atoms with van der Waals surface area (Å²) in [6.07, 6.45) is 2.70. The third kappa shape index (κ3) is 2.54. The topological polar surface area (TPSA) is 58.6 Å². The summed E-state index contributed by atoms with van der Waals surface area (Å²) in [6, 6.07) is 6.60. The molecule has 2 aliphatic rings. The standard InChI is InChI=1S/C15H18N2O3/c1-20-12-6-4-11(5-7-12)17-14(18)8-13(15(17)19)16-9-10-2-3-10/h4-7,10,13,16H,2-3,8-9H2,1H3/t13-/m0/s1. The number of hydrogen-bond donors (Lipinski definition) is 1. The molecule has 2 amide bonds. The minimum absolute atomic E-state index is 0.145. The molecule has 0 spiro atoms. The van der Waals surface area contributed by atoms with Crippen LogP contribution in [0.4, 0.5) is 5.69 Å². The van der Waals surface area contributed by atoms with Crippen LogP contribution in [0.15, 0.2) is 24.3 Å². The second-order valence-corrected chi connectivity index (χ2v) is 5.37. The van der Waals surface area contributed by atoms with Crippen molar-refractivity contribution in [3.8, 4) is 5.75 Å². The molecule has 0 radical (unpaired) electrons. The predicted molar refractivity (Wildman–Crippen MR) is 74.6 cm³/mol. The van der Waals surface area contributed by atoms with Gasteiger partial charge in [0.1, 0.15) is 5.75 Å². The quantitative estimate of drug-likeness (QED) is 0.823. The van der Waals surface area contributed by atoms with Gasteiger partial charge in [-0.2, -0.15) is 0 Å². The highest BCUT2D eigenvalue weighted by molar-refractivity contribution is 6.22. The van der Waals surface area contributed by atoms with Gasteiger partial charge in [-0.1, -0.05) is 0 Å². The molecular formula is C15H18N2O3. The van der Waals surface area contributed by atoms with Crippen LogP contribution in [-0.4, -0.2) is 31.5 Å². The van der Waals surface area contributed by atoms with Gasteiger partial charge >= 0.3 is 0 Å². The first-order valence-corrected chi connectivity index (χ1v) is 6.93. The fourth-order valence-electron chi connectivity index (χ4n) is 2.42. The molecule has 1 aliphatic heterocycles. The number of rotatable bonds is 5. The number of anilines is 1. The maximum absolute atomic E-state index is 12.3. The Hall–Kier alpha value is -1.88. The number of benzene rings is 1. The van der Waals surface area contributed by atoms with E-state index in [0.29, 0.717) is 17.4 Å². The Labute approximate surface area is 117 Å². The van der Waals surface area contributed by atoms with E-state index in [1.54, 1.807) is 31.4 Å². The zero-order chi connectivity index (χ0) is 14.1. The van der Waals surface area contributed by atoms with E-state index in [0.717, 1.165) is 6.54 Å². The summed E-state index contributed by atoms with van der Waals surface area (Å²) in [7, 11) is 1.58. The number of carbonyl (C=O) groups excluding carboxylic acids is 2. The van der Waals surface area contributed by atoms with Gasteiger partial charge in [0.25, 0.3) is 5.91 Å². The van der Waals surface area contributed by atoms with Gasteiger partial charge in [0, 0.05) is 0 Å². The lowest BCUT2D eigenvalue weighted by atomic mass is 10.2. The van der Waals surface area contributed by atoms with Crippen molar-refractivity contribution in [1.82, 2.24) is 5.32 Å². The molecule has 5 nitrogen and oxygen atoms in total. The van der Waals surface area contributed by atoms with Crippen LogP contribution in [0.5, 0.6) is 5.75 Å². The fourth-order valence-corrected chi connectivity index (χ4v) is 2.42. The molecule has 0 bridgehead atoms. The molecule has 106 valence electrons. The first-order valence-electron chi connectivity index (χ1n) is 6.93. The molecule has 20 heavy (non-hydrogen) atoms. The van der Waals surface area contributed by atoms with Crippen molar-refractivity contribution in [2.24, 2.45) is 5.92 Å². The van der Waals surface area contributed by atoms with Gasteiger partial charge in [0.05, 0.1) is 25.3 Å². The summed E-state index contributed by atoms with van der Waals surface area (Å²) < 4.78 is 5.08. The van der Waals surface area contributed by atoms with E-state index in [4.69, 9.17) is 4.74 Å². The van der Waals surface area contributed by atoms with E-state index < -0.39 is 0 Å². The van der Waals surface area contributed by atoms with Crippen molar-refractivity contribution in [3.63, 3.8) is 0 Å². The minimum atomic E-state index is -0.370. The number of nitrogens with zero attached hydrogens (tertiary/aromatic N) is 1. The number of nitrogens with one attached hydrogen (secondary N) is 1. The number of carbonyl (C=O) groups is 2. The lowest BCUT2D eigenvalue weighted by Crippen LogP contribution is -2.39. The molecule has 1 aromatic carbocycles. The first-order chi connectivity index (χ1) is 9.69. The highest BCUT2D eigenvalue weighted by atomic mass is 16.5. The van der Waals surface area contributed by atoms with E-state index in [1.165, 1.54) is 17.7 Å². The average molecular weight is 274 g/mol. The molecule has 1 aliphatic carbocycles. The molecule has 1 N–H and O–H groups in total. The molecule has 1 saturated carbocycles. The van der Waals surface area contributed by atoms with Crippen LogP contribution in [0.3, 0.4) is 0 Å². The average Bonchev–Trinajstić information content (AvgIpc) is 3.24. The largest absolute Gasteiger partial charge is 0.497 e. The summed E-state index contributed by atoms with van der Waals surface area (Å²) in [4.78, 5) is 25.6. The lowest BCUT2D eigenvalue weighted by Gasteiger charge is -2.15. The van der Waals surface area contributed by atoms with Crippen molar-refractivity contribution in [3.05, 3.63) is 24.3 Å². The summed E-state index contributed by atoms with van der Waals surface area (Å²) in [5, 5.41) is 3.21. The molecule has 2 fully saturated rings. The predicted octanol–water partition coefficient (Wildman–Crippen LogP) is 1.33. The molecule has 1 aromatic rings. The van der Waals surface area contributed by atoms with E-state index in [2.05, 4.69) is 5.32 Å². The Bertz CT molecular complexity index is 522. The molecule has 0 unspecified atom stereocenters. The normalized spacial score (nSPS) is 22.4. The van der Waals surface area contributed by atoms with Crippen LogP contribution >= 0.6 is 0 Å². The van der Waals surface area contributed by atoms with Crippen LogP contribution in [-0.2, 0) is 9.59 Å². The monoisotopic (exact) mass is 274 g/mol. The van der Waals surface area contributed by atoms with Crippen LogP contribution < -0.4 is 15.0 Å². The molecular weight excluding hydrogens is 256 g/mol. The zero-order valence-electron chi connectivity index (χ0n) is 11.5. The molecule has 1 atom stereocenters.